The lowest BCUT2D eigenvalue weighted by Gasteiger charge is -2.09. The Morgan fingerprint density at radius 2 is 2.35 bits per heavy atom. The van der Waals surface area contributed by atoms with Gasteiger partial charge in [-0.15, -0.1) is 11.3 Å². The number of amides is 1. The fourth-order valence-electron chi connectivity index (χ4n) is 1.70. The van der Waals surface area contributed by atoms with Gasteiger partial charge in [0.05, 0.1) is 12.0 Å². The lowest BCUT2D eigenvalue weighted by Crippen LogP contribution is -2.19. The summed E-state index contributed by atoms with van der Waals surface area (Å²) in [5.41, 5.74) is 1.33. The Bertz CT molecular complexity index is 577. The Morgan fingerprint density at radius 1 is 1.55 bits per heavy atom. The zero-order chi connectivity index (χ0) is 14.5. The van der Waals surface area contributed by atoms with Crippen molar-refractivity contribution in [1.29, 1.82) is 0 Å². The lowest BCUT2D eigenvalue weighted by molar-refractivity contribution is 0.102. The van der Waals surface area contributed by atoms with Gasteiger partial charge in [0.25, 0.3) is 5.91 Å². The van der Waals surface area contributed by atoms with Crippen LogP contribution in [0.2, 0.25) is 0 Å². The molecule has 6 nitrogen and oxygen atoms in total. The summed E-state index contributed by atoms with van der Waals surface area (Å²) in [6.45, 7) is 5.14. The number of thiazole rings is 1. The van der Waals surface area contributed by atoms with Crippen molar-refractivity contribution < 1.29 is 4.79 Å². The largest absolute Gasteiger partial charge is 0.340 e. The highest BCUT2D eigenvalue weighted by Gasteiger charge is 2.13. The van der Waals surface area contributed by atoms with Crippen LogP contribution in [0.5, 0.6) is 0 Å². The molecule has 0 spiro atoms. The quantitative estimate of drug-likeness (QED) is 0.856. The monoisotopic (exact) mass is 293 g/mol. The Labute approximate surface area is 122 Å². The molecule has 0 aliphatic heterocycles. The van der Waals surface area contributed by atoms with Gasteiger partial charge in [-0.1, -0.05) is 6.92 Å². The average Bonchev–Trinajstić information content (AvgIpc) is 3.05. The predicted molar refractivity (Wildman–Crippen MR) is 80.0 cm³/mol. The molecule has 2 aromatic heterocycles. The number of anilines is 1. The van der Waals surface area contributed by atoms with Gasteiger partial charge >= 0.3 is 0 Å². The molecule has 0 fully saturated rings. The van der Waals surface area contributed by atoms with Crippen molar-refractivity contribution in [1.82, 2.24) is 19.9 Å². The number of nitrogens with zero attached hydrogens (tertiary/aromatic N) is 3. The van der Waals surface area contributed by atoms with E-state index >= 15 is 0 Å². The van der Waals surface area contributed by atoms with Gasteiger partial charge < -0.3 is 9.88 Å². The number of hydrogen-bond acceptors (Lipinski definition) is 5. The number of aryl methyl sites for hydroxylation is 1. The molecule has 1 atom stereocenters. The van der Waals surface area contributed by atoms with E-state index in [1.165, 1.54) is 11.3 Å². The first kappa shape index (κ1) is 14.7. The van der Waals surface area contributed by atoms with Crippen molar-refractivity contribution in [2.75, 3.05) is 11.9 Å². The molecule has 0 aliphatic carbocycles. The van der Waals surface area contributed by atoms with Crippen molar-refractivity contribution in [2.45, 2.75) is 26.3 Å². The Balaban J connectivity index is 1.97. The summed E-state index contributed by atoms with van der Waals surface area (Å²) in [7, 11) is 1.83. The second-order valence-electron chi connectivity index (χ2n) is 4.63. The van der Waals surface area contributed by atoms with E-state index in [1.54, 1.807) is 17.1 Å². The number of aromatic nitrogens is 3. The van der Waals surface area contributed by atoms with Crippen LogP contribution in [-0.4, -0.2) is 27.0 Å². The number of nitrogens with one attached hydrogen (secondary N) is 2. The Kier molecular flexibility index (Phi) is 4.86. The highest BCUT2D eigenvalue weighted by atomic mass is 32.1. The second-order valence-corrected chi connectivity index (χ2v) is 5.49. The van der Waals surface area contributed by atoms with Crippen LogP contribution in [0.1, 0.15) is 42.5 Å². The lowest BCUT2D eigenvalue weighted by atomic mass is 10.2. The maximum Gasteiger partial charge on any atom is 0.277 e. The van der Waals surface area contributed by atoms with Crippen molar-refractivity contribution in [3.63, 3.8) is 0 Å². The minimum atomic E-state index is -0.235. The molecule has 2 aromatic rings. The molecule has 0 saturated heterocycles. The highest BCUT2D eigenvalue weighted by Crippen LogP contribution is 2.20. The van der Waals surface area contributed by atoms with E-state index in [0.29, 0.717) is 10.8 Å². The summed E-state index contributed by atoms with van der Waals surface area (Å²) in [4.78, 5) is 20.4. The van der Waals surface area contributed by atoms with Gasteiger partial charge in [0, 0.05) is 24.7 Å². The minimum Gasteiger partial charge on any atom is -0.340 e. The van der Waals surface area contributed by atoms with Crippen LogP contribution in [0.4, 0.5) is 5.13 Å². The number of carbonyl (C=O) groups is 1. The summed E-state index contributed by atoms with van der Waals surface area (Å²) in [6.07, 6.45) is 4.35. The molecule has 2 rings (SSSR count). The SMILES string of the molecule is CCCNC(C)c1csc(NC(=O)c2cn(C)cn2)n1. The second kappa shape index (κ2) is 6.62. The molecule has 0 aromatic carbocycles. The topological polar surface area (TPSA) is 71.8 Å². The minimum absolute atomic E-state index is 0.187. The van der Waals surface area contributed by atoms with Crippen molar-refractivity contribution >= 4 is 22.4 Å². The van der Waals surface area contributed by atoms with Gasteiger partial charge in [-0.25, -0.2) is 9.97 Å². The van der Waals surface area contributed by atoms with E-state index in [2.05, 4.69) is 34.4 Å². The van der Waals surface area contributed by atoms with Crippen molar-refractivity contribution in [3.05, 3.63) is 29.3 Å². The van der Waals surface area contributed by atoms with Gasteiger partial charge in [0.15, 0.2) is 5.13 Å². The summed E-state index contributed by atoms with van der Waals surface area (Å²) >= 11 is 1.42. The first-order valence-corrected chi connectivity index (χ1v) is 7.46. The van der Waals surface area contributed by atoms with Gasteiger partial charge in [-0.3, -0.25) is 10.1 Å². The molecule has 1 unspecified atom stereocenters. The van der Waals surface area contributed by atoms with Crippen LogP contribution in [0.15, 0.2) is 17.9 Å². The molecule has 0 radical (unpaired) electrons. The third-order valence-corrected chi connectivity index (χ3v) is 3.60. The molecule has 1 amide bonds. The van der Waals surface area contributed by atoms with Crippen molar-refractivity contribution in [3.8, 4) is 0 Å². The van der Waals surface area contributed by atoms with E-state index in [0.717, 1.165) is 18.7 Å². The van der Waals surface area contributed by atoms with Gasteiger partial charge in [-0.05, 0) is 19.9 Å². The summed E-state index contributed by atoms with van der Waals surface area (Å²) < 4.78 is 1.74. The van der Waals surface area contributed by atoms with Crippen LogP contribution in [0.3, 0.4) is 0 Å². The summed E-state index contributed by atoms with van der Waals surface area (Å²) in [5, 5.41) is 8.69. The first-order valence-electron chi connectivity index (χ1n) is 6.58. The fourth-order valence-corrected chi connectivity index (χ4v) is 2.50. The maximum absolute atomic E-state index is 11.9. The molecule has 0 bridgehead atoms. The molecule has 108 valence electrons. The Morgan fingerprint density at radius 3 is 3.00 bits per heavy atom. The van der Waals surface area contributed by atoms with Gasteiger partial charge in [0.2, 0.25) is 0 Å². The number of carbonyl (C=O) groups excluding carboxylic acids is 1. The molecule has 0 aliphatic rings. The predicted octanol–water partition coefficient (Wildman–Crippen LogP) is 2.19. The third kappa shape index (κ3) is 3.64. The van der Waals surface area contributed by atoms with Crippen LogP contribution < -0.4 is 10.6 Å². The molecule has 20 heavy (non-hydrogen) atoms. The van der Waals surface area contributed by atoms with E-state index in [4.69, 9.17) is 0 Å². The number of imidazole rings is 1. The standard InChI is InChI=1S/C13H19N5OS/c1-4-5-14-9(2)11-7-20-13(16-11)17-12(19)10-6-18(3)8-15-10/h6-9,14H,4-5H2,1-3H3,(H,16,17,19). The summed E-state index contributed by atoms with van der Waals surface area (Å²) in [5.74, 6) is -0.235. The molecule has 0 saturated carbocycles. The van der Waals surface area contributed by atoms with Crippen LogP contribution in [0.25, 0.3) is 0 Å². The molecular formula is C13H19N5OS. The highest BCUT2D eigenvalue weighted by molar-refractivity contribution is 7.14. The average molecular weight is 293 g/mol. The van der Waals surface area contributed by atoms with Crippen LogP contribution in [-0.2, 0) is 7.05 Å². The zero-order valence-electron chi connectivity index (χ0n) is 11.9. The van der Waals surface area contributed by atoms with Gasteiger partial charge in [-0.2, -0.15) is 0 Å². The molecule has 2 N–H and O–H groups in total. The van der Waals surface area contributed by atoms with Crippen molar-refractivity contribution in [2.24, 2.45) is 7.05 Å². The summed E-state index contributed by atoms with van der Waals surface area (Å²) in [6, 6.07) is 0.187. The van der Waals surface area contributed by atoms with E-state index < -0.39 is 0 Å². The molecule has 2 heterocycles. The van der Waals surface area contributed by atoms with E-state index in [9.17, 15) is 4.79 Å². The normalized spacial score (nSPS) is 12.3. The van der Waals surface area contributed by atoms with Gasteiger partial charge in [0.1, 0.15) is 5.69 Å². The number of rotatable bonds is 6. The van der Waals surface area contributed by atoms with Crippen LogP contribution >= 0.6 is 11.3 Å². The first-order chi connectivity index (χ1) is 9.60. The Hall–Kier alpha value is -1.73. The van der Waals surface area contributed by atoms with E-state index in [-0.39, 0.29) is 11.9 Å². The maximum atomic E-state index is 11.9. The zero-order valence-corrected chi connectivity index (χ0v) is 12.7. The molecule has 7 heteroatoms. The molecular weight excluding hydrogens is 274 g/mol. The fraction of sp³-hybridized carbons (Fsp3) is 0.462. The van der Waals surface area contributed by atoms with Crippen LogP contribution in [0, 0.1) is 0 Å². The number of hydrogen-bond donors (Lipinski definition) is 2. The van der Waals surface area contributed by atoms with E-state index in [1.807, 2.05) is 12.4 Å². The smallest absolute Gasteiger partial charge is 0.277 e. The third-order valence-electron chi connectivity index (χ3n) is 2.82.